The van der Waals surface area contributed by atoms with E-state index in [0.29, 0.717) is 17.2 Å². The molecule has 0 bridgehead atoms. The average Bonchev–Trinajstić information content (AvgIpc) is 2.79. The van der Waals surface area contributed by atoms with Crippen molar-refractivity contribution < 1.29 is 19.1 Å². The largest absolute Gasteiger partial charge is 0.465 e. The van der Waals surface area contributed by atoms with Crippen LogP contribution in [-0.2, 0) is 4.74 Å². The highest BCUT2D eigenvalue weighted by molar-refractivity contribution is 7.80. The van der Waals surface area contributed by atoms with E-state index in [1.165, 1.54) is 13.2 Å². The Bertz CT molecular complexity index is 983. The number of hydrogen-bond acceptors (Lipinski definition) is 5. The molecule has 2 aromatic carbocycles. The van der Waals surface area contributed by atoms with Gasteiger partial charge in [-0.2, -0.15) is 0 Å². The first-order valence-corrected chi connectivity index (χ1v) is 10.5. The van der Waals surface area contributed by atoms with Crippen LogP contribution in [0.5, 0.6) is 0 Å². The van der Waals surface area contributed by atoms with E-state index in [1.807, 2.05) is 4.90 Å². The van der Waals surface area contributed by atoms with Gasteiger partial charge in [-0.25, -0.2) is 4.79 Å². The Hall–Kier alpha value is -3.26. The van der Waals surface area contributed by atoms with Crippen molar-refractivity contribution >= 4 is 40.8 Å². The number of ether oxygens (including phenoxy) is 1. The number of piperidine rings is 1. The van der Waals surface area contributed by atoms with Crippen molar-refractivity contribution in [3.05, 3.63) is 65.2 Å². The van der Waals surface area contributed by atoms with Crippen LogP contribution in [0.3, 0.4) is 0 Å². The molecule has 8 heteroatoms. The van der Waals surface area contributed by atoms with Crippen LogP contribution in [0.15, 0.2) is 48.5 Å². The fourth-order valence-electron chi connectivity index (χ4n) is 3.33. The summed E-state index contributed by atoms with van der Waals surface area (Å²) in [5.41, 5.74) is 1.83. The van der Waals surface area contributed by atoms with Gasteiger partial charge in [-0.15, -0.1) is 0 Å². The molecule has 2 N–H and O–H groups in total. The monoisotopic (exact) mass is 439 g/mol. The Morgan fingerprint density at radius 1 is 1.00 bits per heavy atom. The molecular weight excluding hydrogens is 414 g/mol. The number of likely N-dealkylation sites (tertiary alicyclic amines) is 1. The number of carbonyl (C=O) groups excluding carboxylic acids is 3. The topological polar surface area (TPSA) is 87.7 Å². The molecule has 1 aliphatic heterocycles. The third-order valence-corrected chi connectivity index (χ3v) is 5.44. The maximum Gasteiger partial charge on any atom is 0.337 e. The number of rotatable bonds is 4. The SMILES string of the molecule is COC(=O)c1cccc(C(=O)NC(=S)Nc2ccc(C(=O)N3CCC(C)CC3)cc2)c1. The summed E-state index contributed by atoms with van der Waals surface area (Å²) in [4.78, 5) is 38.5. The molecule has 0 spiro atoms. The van der Waals surface area contributed by atoms with E-state index in [2.05, 4.69) is 22.3 Å². The highest BCUT2D eigenvalue weighted by Gasteiger charge is 2.21. The van der Waals surface area contributed by atoms with E-state index in [-0.39, 0.29) is 22.1 Å². The van der Waals surface area contributed by atoms with Crippen LogP contribution in [-0.4, -0.2) is 48.0 Å². The molecule has 0 atom stereocenters. The molecule has 1 fully saturated rings. The molecule has 1 saturated heterocycles. The molecule has 0 radical (unpaired) electrons. The summed E-state index contributed by atoms with van der Waals surface area (Å²) in [7, 11) is 1.28. The first-order valence-electron chi connectivity index (χ1n) is 10.1. The minimum absolute atomic E-state index is 0.0276. The minimum Gasteiger partial charge on any atom is -0.465 e. The maximum absolute atomic E-state index is 12.6. The number of carbonyl (C=O) groups is 3. The molecule has 0 aliphatic carbocycles. The predicted molar refractivity (Wildman–Crippen MR) is 122 cm³/mol. The lowest BCUT2D eigenvalue weighted by atomic mass is 9.98. The number of nitrogens with zero attached hydrogens (tertiary/aromatic N) is 1. The van der Waals surface area contributed by atoms with Gasteiger partial charge in [-0.3, -0.25) is 14.9 Å². The van der Waals surface area contributed by atoms with Crippen molar-refractivity contribution in [3.8, 4) is 0 Å². The first-order chi connectivity index (χ1) is 14.9. The van der Waals surface area contributed by atoms with E-state index >= 15 is 0 Å². The number of anilines is 1. The Morgan fingerprint density at radius 3 is 2.29 bits per heavy atom. The molecule has 2 aromatic rings. The van der Waals surface area contributed by atoms with Gasteiger partial charge in [0, 0.05) is 29.9 Å². The van der Waals surface area contributed by atoms with Gasteiger partial charge in [-0.05, 0) is 73.4 Å². The van der Waals surface area contributed by atoms with Crippen LogP contribution in [0, 0.1) is 5.92 Å². The molecular formula is C23H25N3O4S. The van der Waals surface area contributed by atoms with E-state index in [1.54, 1.807) is 42.5 Å². The van der Waals surface area contributed by atoms with E-state index < -0.39 is 11.9 Å². The zero-order valence-corrected chi connectivity index (χ0v) is 18.3. The fraction of sp³-hybridized carbons (Fsp3) is 0.304. The molecule has 1 heterocycles. The zero-order valence-electron chi connectivity index (χ0n) is 17.5. The van der Waals surface area contributed by atoms with Gasteiger partial charge in [0.15, 0.2) is 5.11 Å². The third-order valence-electron chi connectivity index (χ3n) is 5.23. The Morgan fingerprint density at radius 2 is 1.65 bits per heavy atom. The second kappa shape index (κ2) is 10.2. The molecule has 7 nitrogen and oxygen atoms in total. The van der Waals surface area contributed by atoms with Crippen molar-refractivity contribution in [2.75, 3.05) is 25.5 Å². The third kappa shape index (κ3) is 5.88. The van der Waals surface area contributed by atoms with Crippen LogP contribution in [0.4, 0.5) is 5.69 Å². The van der Waals surface area contributed by atoms with Gasteiger partial charge in [0.05, 0.1) is 12.7 Å². The average molecular weight is 440 g/mol. The van der Waals surface area contributed by atoms with Crippen LogP contribution < -0.4 is 10.6 Å². The zero-order chi connectivity index (χ0) is 22.4. The number of thiocarbonyl (C=S) groups is 1. The number of esters is 1. The highest BCUT2D eigenvalue weighted by Crippen LogP contribution is 2.19. The van der Waals surface area contributed by atoms with Gasteiger partial charge in [0.1, 0.15) is 0 Å². The van der Waals surface area contributed by atoms with Crippen LogP contribution in [0.25, 0.3) is 0 Å². The Balaban J connectivity index is 1.56. The van der Waals surface area contributed by atoms with Crippen molar-refractivity contribution in [2.24, 2.45) is 5.92 Å². The predicted octanol–water partition coefficient (Wildman–Crippen LogP) is 3.47. The van der Waals surface area contributed by atoms with E-state index in [9.17, 15) is 14.4 Å². The highest BCUT2D eigenvalue weighted by atomic mass is 32.1. The fourth-order valence-corrected chi connectivity index (χ4v) is 3.54. The summed E-state index contributed by atoms with van der Waals surface area (Å²) < 4.78 is 4.67. The molecule has 3 rings (SSSR count). The van der Waals surface area contributed by atoms with Crippen LogP contribution >= 0.6 is 12.2 Å². The smallest absolute Gasteiger partial charge is 0.337 e. The molecule has 0 saturated carbocycles. The van der Waals surface area contributed by atoms with Crippen molar-refractivity contribution in [1.82, 2.24) is 10.2 Å². The Labute approximate surface area is 186 Å². The first kappa shape index (κ1) is 22.4. The summed E-state index contributed by atoms with van der Waals surface area (Å²) in [6, 6.07) is 13.1. The number of benzene rings is 2. The number of nitrogens with one attached hydrogen (secondary N) is 2. The van der Waals surface area contributed by atoms with Crippen molar-refractivity contribution in [2.45, 2.75) is 19.8 Å². The Kier molecular flexibility index (Phi) is 7.36. The number of amides is 2. The molecule has 0 unspecified atom stereocenters. The standard InChI is InChI=1S/C23H25N3O4S/c1-15-10-12-26(13-11-15)21(28)16-6-8-19(9-7-16)24-23(31)25-20(27)17-4-3-5-18(14-17)22(29)30-2/h3-9,14-15H,10-13H2,1-2H3,(H2,24,25,27,31). The van der Waals surface area contributed by atoms with E-state index in [4.69, 9.17) is 12.2 Å². The lowest BCUT2D eigenvalue weighted by molar-refractivity contribution is 0.0600. The summed E-state index contributed by atoms with van der Waals surface area (Å²) in [5, 5.41) is 5.61. The van der Waals surface area contributed by atoms with Crippen LogP contribution in [0.2, 0.25) is 0 Å². The second-order valence-electron chi connectivity index (χ2n) is 7.53. The van der Waals surface area contributed by atoms with Gasteiger partial charge >= 0.3 is 5.97 Å². The van der Waals surface area contributed by atoms with Crippen LogP contribution in [0.1, 0.15) is 50.8 Å². The molecule has 2 amide bonds. The number of hydrogen-bond donors (Lipinski definition) is 2. The quantitative estimate of drug-likeness (QED) is 0.560. The van der Waals surface area contributed by atoms with Gasteiger partial charge in [-0.1, -0.05) is 13.0 Å². The number of methoxy groups -OCH3 is 1. The molecule has 162 valence electrons. The maximum atomic E-state index is 12.6. The van der Waals surface area contributed by atoms with Gasteiger partial charge in [0.2, 0.25) is 0 Å². The molecule has 0 aromatic heterocycles. The van der Waals surface area contributed by atoms with Gasteiger partial charge in [0.25, 0.3) is 11.8 Å². The summed E-state index contributed by atoms with van der Waals surface area (Å²) >= 11 is 5.21. The summed E-state index contributed by atoms with van der Waals surface area (Å²) in [6.07, 6.45) is 2.06. The van der Waals surface area contributed by atoms with Gasteiger partial charge < -0.3 is 15.0 Å². The lowest BCUT2D eigenvalue weighted by Gasteiger charge is -2.30. The normalized spacial score (nSPS) is 13.9. The molecule has 1 aliphatic rings. The lowest BCUT2D eigenvalue weighted by Crippen LogP contribution is -2.37. The second-order valence-corrected chi connectivity index (χ2v) is 7.94. The summed E-state index contributed by atoms with van der Waals surface area (Å²) in [6.45, 7) is 3.78. The molecule has 31 heavy (non-hydrogen) atoms. The minimum atomic E-state index is -0.524. The summed E-state index contributed by atoms with van der Waals surface area (Å²) in [5.74, 6) is -0.284. The van der Waals surface area contributed by atoms with E-state index in [0.717, 1.165) is 25.9 Å². The van der Waals surface area contributed by atoms with Crippen molar-refractivity contribution in [3.63, 3.8) is 0 Å². The van der Waals surface area contributed by atoms with Crippen molar-refractivity contribution in [1.29, 1.82) is 0 Å².